The SMILES string of the molecule is COc1ccc(Oc2cccc(F)c2C(C)=O)c(Br)c1. The Hall–Kier alpha value is -1.88. The molecule has 0 N–H and O–H groups in total. The van der Waals surface area contributed by atoms with Gasteiger partial charge in [0.15, 0.2) is 5.78 Å². The first-order chi connectivity index (χ1) is 9.52. The van der Waals surface area contributed by atoms with Gasteiger partial charge in [0, 0.05) is 0 Å². The first kappa shape index (κ1) is 14.5. The molecule has 104 valence electrons. The maximum Gasteiger partial charge on any atom is 0.166 e. The van der Waals surface area contributed by atoms with Crippen molar-refractivity contribution in [2.24, 2.45) is 0 Å². The van der Waals surface area contributed by atoms with E-state index in [0.29, 0.717) is 16.0 Å². The molecule has 2 aromatic carbocycles. The van der Waals surface area contributed by atoms with Crippen molar-refractivity contribution >= 4 is 21.7 Å². The lowest BCUT2D eigenvalue weighted by Gasteiger charge is -2.12. The molecule has 2 aromatic rings. The van der Waals surface area contributed by atoms with Crippen molar-refractivity contribution in [2.45, 2.75) is 6.92 Å². The Balaban J connectivity index is 2.40. The molecule has 20 heavy (non-hydrogen) atoms. The summed E-state index contributed by atoms with van der Waals surface area (Å²) < 4.78 is 25.0. The van der Waals surface area contributed by atoms with Gasteiger partial charge in [-0.05, 0) is 53.2 Å². The molecule has 0 bridgehead atoms. The molecule has 0 saturated carbocycles. The molecule has 5 heteroatoms. The van der Waals surface area contributed by atoms with Gasteiger partial charge >= 0.3 is 0 Å². The van der Waals surface area contributed by atoms with E-state index in [1.165, 1.54) is 19.1 Å². The van der Waals surface area contributed by atoms with Gasteiger partial charge in [-0.1, -0.05) is 6.07 Å². The molecule has 0 saturated heterocycles. The van der Waals surface area contributed by atoms with E-state index < -0.39 is 5.82 Å². The van der Waals surface area contributed by atoms with Crippen LogP contribution in [-0.4, -0.2) is 12.9 Å². The van der Waals surface area contributed by atoms with E-state index in [2.05, 4.69) is 15.9 Å². The maximum atomic E-state index is 13.7. The van der Waals surface area contributed by atoms with Gasteiger partial charge in [-0.3, -0.25) is 4.79 Å². The minimum absolute atomic E-state index is 0.0600. The Labute approximate surface area is 124 Å². The highest BCUT2D eigenvalue weighted by Crippen LogP contribution is 2.34. The number of hydrogen-bond donors (Lipinski definition) is 0. The number of ether oxygens (including phenoxy) is 2. The average Bonchev–Trinajstić information content (AvgIpc) is 2.40. The van der Waals surface area contributed by atoms with E-state index in [4.69, 9.17) is 9.47 Å². The summed E-state index contributed by atoms with van der Waals surface area (Å²) in [7, 11) is 1.56. The molecular formula is C15H12BrFO3. The number of benzene rings is 2. The third-order valence-corrected chi connectivity index (χ3v) is 3.31. The highest BCUT2D eigenvalue weighted by Gasteiger charge is 2.15. The van der Waals surface area contributed by atoms with Crippen LogP contribution in [0, 0.1) is 5.82 Å². The molecule has 0 aliphatic rings. The third kappa shape index (κ3) is 2.99. The van der Waals surface area contributed by atoms with Gasteiger partial charge in [-0.25, -0.2) is 4.39 Å². The summed E-state index contributed by atoms with van der Waals surface area (Å²) in [6.07, 6.45) is 0. The van der Waals surface area contributed by atoms with Crippen LogP contribution in [0.1, 0.15) is 17.3 Å². The zero-order valence-electron chi connectivity index (χ0n) is 10.9. The molecule has 0 atom stereocenters. The van der Waals surface area contributed by atoms with Crippen molar-refractivity contribution in [2.75, 3.05) is 7.11 Å². The van der Waals surface area contributed by atoms with Crippen molar-refractivity contribution in [3.63, 3.8) is 0 Å². The first-order valence-corrected chi connectivity index (χ1v) is 6.63. The normalized spacial score (nSPS) is 10.2. The standard InChI is InChI=1S/C15H12BrFO3/c1-9(18)15-12(17)4-3-5-14(15)20-13-7-6-10(19-2)8-11(13)16/h3-8H,1-2H3. The van der Waals surface area contributed by atoms with Gasteiger partial charge < -0.3 is 9.47 Å². The quantitative estimate of drug-likeness (QED) is 0.764. The Morgan fingerprint density at radius 2 is 1.95 bits per heavy atom. The van der Waals surface area contributed by atoms with Crippen molar-refractivity contribution in [3.05, 3.63) is 52.3 Å². The van der Waals surface area contributed by atoms with Crippen LogP contribution in [0.5, 0.6) is 17.2 Å². The molecule has 0 heterocycles. The topological polar surface area (TPSA) is 35.5 Å². The van der Waals surface area contributed by atoms with E-state index in [1.54, 1.807) is 31.4 Å². The van der Waals surface area contributed by atoms with Crippen LogP contribution >= 0.6 is 15.9 Å². The molecule has 0 aromatic heterocycles. The number of rotatable bonds is 4. The zero-order chi connectivity index (χ0) is 14.7. The highest BCUT2D eigenvalue weighted by atomic mass is 79.9. The van der Waals surface area contributed by atoms with Crippen LogP contribution < -0.4 is 9.47 Å². The number of hydrogen-bond acceptors (Lipinski definition) is 3. The fourth-order valence-corrected chi connectivity index (χ4v) is 2.18. The number of Topliss-reactive ketones (excluding diaryl/α,β-unsaturated/α-hetero) is 1. The number of carbonyl (C=O) groups excluding carboxylic acids is 1. The van der Waals surface area contributed by atoms with E-state index in [1.807, 2.05) is 0 Å². The molecule has 0 spiro atoms. The van der Waals surface area contributed by atoms with Crippen LogP contribution in [0.25, 0.3) is 0 Å². The molecule has 3 nitrogen and oxygen atoms in total. The fourth-order valence-electron chi connectivity index (χ4n) is 1.74. The molecular weight excluding hydrogens is 327 g/mol. The fraction of sp³-hybridized carbons (Fsp3) is 0.133. The van der Waals surface area contributed by atoms with Crippen LogP contribution in [0.3, 0.4) is 0 Å². The Bertz CT molecular complexity index is 656. The van der Waals surface area contributed by atoms with Crippen LogP contribution in [0.15, 0.2) is 40.9 Å². The molecule has 0 amide bonds. The third-order valence-electron chi connectivity index (χ3n) is 2.69. The second-order valence-corrected chi connectivity index (χ2v) is 4.92. The number of carbonyl (C=O) groups is 1. The monoisotopic (exact) mass is 338 g/mol. The van der Waals surface area contributed by atoms with Crippen LogP contribution in [0.4, 0.5) is 4.39 Å². The Morgan fingerprint density at radius 1 is 1.20 bits per heavy atom. The molecule has 0 aliphatic carbocycles. The first-order valence-electron chi connectivity index (χ1n) is 5.83. The second-order valence-electron chi connectivity index (χ2n) is 4.07. The zero-order valence-corrected chi connectivity index (χ0v) is 12.5. The Kier molecular flexibility index (Phi) is 4.39. The molecule has 0 aliphatic heterocycles. The van der Waals surface area contributed by atoms with Gasteiger partial charge in [0.1, 0.15) is 23.1 Å². The largest absolute Gasteiger partial charge is 0.497 e. The molecule has 0 fully saturated rings. The number of ketones is 1. The molecule has 0 unspecified atom stereocenters. The molecule has 2 rings (SSSR count). The van der Waals surface area contributed by atoms with Crippen molar-refractivity contribution < 1.29 is 18.7 Å². The second kappa shape index (κ2) is 6.05. The summed E-state index contributed by atoms with van der Waals surface area (Å²) in [6.45, 7) is 1.30. The van der Waals surface area contributed by atoms with Gasteiger partial charge in [0.25, 0.3) is 0 Å². The van der Waals surface area contributed by atoms with Crippen molar-refractivity contribution in [3.8, 4) is 17.2 Å². The summed E-state index contributed by atoms with van der Waals surface area (Å²) >= 11 is 3.34. The van der Waals surface area contributed by atoms with Gasteiger partial charge in [-0.2, -0.15) is 0 Å². The molecule has 0 radical (unpaired) electrons. The smallest absolute Gasteiger partial charge is 0.166 e. The van der Waals surface area contributed by atoms with E-state index >= 15 is 0 Å². The predicted molar refractivity (Wildman–Crippen MR) is 77.2 cm³/mol. The minimum atomic E-state index is -0.598. The minimum Gasteiger partial charge on any atom is -0.497 e. The summed E-state index contributed by atoms with van der Waals surface area (Å²) in [5, 5.41) is 0. The Morgan fingerprint density at radius 3 is 2.55 bits per heavy atom. The summed E-state index contributed by atoms with van der Waals surface area (Å²) in [5.74, 6) is 0.333. The van der Waals surface area contributed by atoms with E-state index in [-0.39, 0.29) is 17.1 Å². The number of methoxy groups -OCH3 is 1. The van der Waals surface area contributed by atoms with Gasteiger partial charge in [0.2, 0.25) is 0 Å². The summed E-state index contributed by atoms with van der Waals surface area (Å²) in [4.78, 5) is 11.5. The lowest BCUT2D eigenvalue weighted by Crippen LogP contribution is -2.01. The lowest BCUT2D eigenvalue weighted by atomic mass is 10.1. The van der Waals surface area contributed by atoms with Gasteiger partial charge in [-0.15, -0.1) is 0 Å². The maximum absolute atomic E-state index is 13.7. The average molecular weight is 339 g/mol. The van der Waals surface area contributed by atoms with E-state index in [0.717, 1.165) is 0 Å². The van der Waals surface area contributed by atoms with Crippen LogP contribution in [0.2, 0.25) is 0 Å². The summed E-state index contributed by atoms with van der Waals surface area (Å²) in [6, 6.07) is 9.39. The highest BCUT2D eigenvalue weighted by molar-refractivity contribution is 9.10. The number of halogens is 2. The lowest BCUT2D eigenvalue weighted by molar-refractivity contribution is 0.101. The predicted octanol–water partition coefficient (Wildman–Crippen LogP) is 4.59. The van der Waals surface area contributed by atoms with Crippen molar-refractivity contribution in [1.29, 1.82) is 0 Å². The summed E-state index contributed by atoms with van der Waals surface area (Å²) in [5.41, 5.74) is -0.0600. The van der Waals surface area contributed by atoms with E-state index in [9.17, 15) is 9.18 Å². The van der Waals surface area contributed by atoms with Gasteiger partial charge in [0.05, 0.1) is 17.1 Å². The van der Waals surface area contributed by atoms with Crippen LogP contribution in [-0.2, 0) is 0 Å². The van der Waals surface area contributed by atoms with Crippen molar-refractivity contribution in [1.82, 2.24) is 0 Å².